The van der Waals surface area contributed by atoms with Gasteiger partial charge in [-0.05, 0) is 34.7 Å². The predicted molar refractivity (Wildman–Crippen MR) is 190 cm³/mol. The average Bonchev–Trinajstić information content (AvgIpc) is 3.91. The summed E-state index contributed by atoms with van der Waals surface area (Å²) in [5, 5.41) is 0. The van der Waals surface area contributed by atoms with Gasteiger partial charge in [-0.15, -0.1) is 0 Å². The van der Waals surface area contributed by atoms with Crippen LogP contribution in [0.1, 0.15) is 0 Å². The van der Waals surface area contributed by atoms with Crippen molar-refractivity contribution in [3.05, 3.63) is 165 Å². The number of pyridine rings is 3. The predicted octanol–water partition coefficient (Wildman–Crippen LogP) is 7.73. The Balaban J connectivity index is 0.000000136. The van der Waals surface area contributed by atoms with Gasteiger partial charge in [0.05, 0.1) is 17.5 Å². The molecule has 13 heteroatoms. The van der Waals surface area contributed by atoms with Crippen molar-refractivity contribution in [2.45, 2.75) is 0 Å². The van der Waals surface area contributed by atoms with Crippen LogP contribution in [0, 0.1) is 19.0 Å². The average molecular weight is 967 g/mol. The van der Waals surface area contributed by atoms with Crippen LogP contribution in [-0.4, -0.2) is 43.6 Å². The van der Waals surface area contributed by atoms with Gasteiger partial charge in [0.2, 0.25) is 0 Å². The van der Waals surface area contributed by atoms with Crippen LogP contribution in [0.25, 0.3) is 50.6 Å². The minimum Gasteiger partial charge on any atom is -0.411 e. The SMILES string of the molecule is [Ir+3].[V]=[N]I.[c-]1nc2ccccc2n1-c1ccccn1.[c-]1nc2ccccc2n1-c1ccccn1.[c-]1nc2ccccc2n1-c1ccccn1. The third-order valence-electron chi connectivity index (χ3n) is 6.81. The van der Waals surface area contributed by atoms with Gasteiger partial charge in [0.15, 0.2) is 0 Å². The molecule has 0 radical (unpaired) electrons. The number of halogens is 1. The van der Waals surface area contributed by atoms with Crippen LogP contribution in [0.5, 0.6) is 0 Å². The molecule has 0 amide bonds. The molecule has 0 N–H and O–H groups in total. The summed E-state index contributed by atoms with van der Waals surface area (Å²) in [6.45, 7) is 0. The van der Waals surface area contributed by atoms with Crippen LogP contribution in [-0.2, 0) is 37.3 Å². The van der Waals surface area contributed by atoms with Gasteiger partial charge in [0.1, 0.15) is 0 Å². The Morgan fingerprint density at radius 1 is 0.449 bits per heavy atom. The molecule has 239 valence electrons. The molecule has 3 aromatic carbocycles. The molecule has 9 rings (SSSR count). The van der Waals surface area contributed by atoms with E-state index in [1.165, 1.54) is 0 Å². The van der Waals surface area contributed by atoms with Crippen LogP contribution in [0.15, 0.2) is 148 Å². The number of benzene rings is 3. The zero-order chi connectivity index (χ0) is 33.0. The minimum atomic E-state index is 0. The van der Waals surface area contributed by atoms with Gasteiger partial charge in [-0.1, -0.05) is 126 Å². The van der Waals surface area contributed by atoms with Crippen molar-refractivity contribution < 1.29 is 37.3 Å². The van der Waals surface area contributed by atoms with Crippen LogP contribution in [0.2, 0.25) is 0 Å². The van der Waals surface area contributed by atoms with E-state index in [1.54, 1.807) is 18.6 Å². The molecule has 0 saturated heterocycles. The summed E-state index contributed by atoms with van der Waals surface area (Å²) >= 11 is 3.96. The molecule has 0 fully saturated rings. The summed E-state index contributed by atoms with van der Waals surface area (Å²) in [4.78, 5) is 25.4. The smallest absolute Gasteiger partial charge is 0.0552 e. The molecule has 6 heterocycles. The van der Waals surface area contributed by atoms with E-state index in [4.69, 9.17) is 0 Å². The summed E-state index contributed by atoms with van der Waals surface area (Å²) in [5.74, 6) is 2.52. The standard InChI is InChI=1S/3C12H8N3.IN.Ir.V/c3*1-2-6-11-10(5-1)14-9-15(11)12-7-3-4-8-13-12;1-2;;/h3*1-8H;;;/q3*-1;;+3;. The van der Waals surface area contributed by atoms with Crippen molar-refractivity contribution >= 4 is 56.0 Å². The van der Waals surface area contributed by atoms with Crippen molar-refractivity contribution in [1.82, 2.24) is 43.6 Å². The number of aromatic nitrogens is 9. The van der Waals surface area contributed by atoms with Gasteiger partial charge < -0.3 is 28.7 Å². The third kappa shape index (κ3) is 8.85. The maximum absolute atomic E-state index is 4.26. The van der Waals surface area contributed by atoms with Crippen LogP contribution >= 0.6 is 22.9 Å². The first-order valence-electron chi connectivity index (χ1n) is 14.5. The molecule has 49 heavy (non-hydrogen) atoms. The van der Waals surface area contributed by atoms with E-state index in [-0.39, 0.29) is 20.1 Å². The van der Waals surface area contributed by atoms with Crippen molar-refractivity contribution in [3.8, 4) is 17.5 Å². The summed E-state index contributed by atoms with van der Waals surface area (Å²) in [6, 6.07) is 41.1. The van der Waals surface area contributed by atoms with Gasteiger partial charge in [-0.2, -0.15) is 0 Å². The molecule has 0 aliphatic carbocycles. The van der Waals surface area contributed by atoms with E-state index in [0.717, 1.165) is 50.6 Å². The normalized spacial score (nSPS) is 10.0. The molecule has 0 spiro atoms. The number of hydrogen-bond donors (Lipinski definition) is 0. The van der Waals surface area contributed by atoms with Gasteiger partial charge in [-0.3, -0.25) is 15.0 Å². The van der Waals surface area contributed by atoms with Crippen molar-refractivity contribution in [1.29, 1.82) is 0 Å². The van der Waals surface area contributed by atoms with E-state index in [9.17, 15) is 0 Å². The molecule has 0 atom stereocenters. The van der Waals surface area contributed by atoms with E-state index in [2.05, 4.69) is 68.1 Å². The molecule has 10 nitrogen and oxygen atoms in total. The molecule has 0 aliphatic rings. The fourth-order valence-electron chi connectivity index (χ4n) is 4.70. The number of imidazole rings is 3. The Kier molecular flexibility index (Phi) is 13.2. The zero-order valence-corrected chi connectivity index (χ0v) is 31.4. The maximum atomic E-state index is 4.26. The van der Waals surface area contributed by atoms with E-state index >= 15 is 0 Å². The van der Waals surface area contributed by atoms with Gasteiger partial charge >= 0.3 is 62.2 Å². The van der Waals surface area contributed by atoms with Crippen molar-refractivity contribution in [3.63, 3.8) is 0 Å². The Bertz CT molecular complexity index is 2090. The number of rotatable bonds is 3. The third-order valence-corrected chi connectivity index (χ3v) is 6.81. The topological polar surface area (TPSA) is 104 Å². The first-order chi connectivity index (χ1) is 23.8. The Labute approximate surface area is 319 Å². The number of fused-ring (bicyclic) bond motifs is 3. The Morgan fingerprint density at radius 3 is 0.980 bits per heavy atom. The minimum absolute atomic E-state index is 0. The van der Waals surface area contributed by atoms with Crippen molar-refractivity contribution in [2.75, 3.05) is 0 Å². The first kappa shape index (κ1) is 35.6. The number of hydrogen-bond acceptors (Lipinski definition) is 7. The molecule has 6 aromatic heterocycles. The second-order valence-electron chi connectivity index (χ2n) is 9.75. The number of para-hydroxylation sites is 6. The quantitative estimate of drug-likeness (QED) is 0.133. The zero-order valence-electron chi connectivity index (χ0n) is 25.5. The molecule has 0 unspecified atom stereocenters. The molecule has 9 aromatic rings. The Hall–Kier alpha value is -4.72. The van der Waals surface area contributed by atoms with E-state index < -0.39 is 0 Å². The van der Waals surface area contributed by atoms with Gasteiger partial charge in [0, 0.05) is 37.6 Å². The molecular weight excluding hydrogens is 943 g/mol. The molecule has 0 bridgehead atoms. The first-order valence-corrected chi connectivity index (χ1v) is 16.1. The molecule has 0 aliphatic heterocycles. The fourth-order valence-corrected chi connectivity index (χ4v) is 4.70. The largest absolute Gasteiger partial charge is 0.411 e. The van der Waals surface area contributed by atoms with Crippen LogP contribution < -0.4 is 0 Å². The summed E-state index contributed by atoms with van der Waals surface area (Å²) in [6.07, 6.45) is 14.1. The summed E-state index contributed by atoms with van der Waals surface area (Å²) in [5.41, 5.74) is 5.87. The summed E-state index contributed by atoms with van der Waals surface area (Å²) < 4.78 is 8.98. The fraction of sp³-hybridized carbons (Fsp3) is 0. The van der Waals surface area contributed by atoms with Crippen molar-refractivity contribution in [2.24, 2.45) is 2.00 Å². The van der Waals surface area contributed by atoms with Gasteiger partial charge in [0.25, 0.3) is 0 Å². The van der Waals surface area contributed by atoms with E-state index in [1.807, 2.05) is 164 Å². The van der Waals surface area contributed by atoms with Gasteiger partial charge in [-0.25, -0.2) is 0 Å². The molecule has 0 saturated carbocycles. The van der Waals surface area contributed by atoms with Crippen LogP contribution in [0.4, 0.5) is 0 Å². The maximum Gasteiger partial charge on any atom is 0.0552 e. The monoisotopic (exact) mass is 967 g/mol. The van der Waals surface area contributed by atoms with E-state index in [0.29, 0.717) is 0 Å². The Morgan fingerprint density at radius 2 is 0.714 bits per heavy atom. The second-order valence-corrected chi connectivity index (χ2v) is 11.8. The second kappa shape index (κ2) is 18.2. The molecular formula is C36H24IIrN10V. The number of nitrogens with zero attached hydrogens (tertiary/aromatic N) is 10. The van der Waals surface area contributed by atoms with Crippen LogP contribution in [0.3, 0.4) is 0 Å². The summed E-state index contributed by atoms with van der Waals surface area (Å²) in [7, 11) is 0.